The van der Waals surface area contributed by atoms with Crippen LogP contribution in [0.2, 0.25) is 5.02 Å². The molecule has 2 nitrogen and oxygen atoms in total. The molecule has 2 aromatic rings. The maximum Gasteiger partial charge on any atom is 0.417 e. The summed E-state index contributed by atoms with van der Waals surface area (Å²) in [7, 11) is 0. The highest BCUT2D eigenvalue weighted by Crippen LogP contribution is 2.36. The van der Waals surface area contributed by atoms with Crippen LogP contribution in [0.4, 0.5) is 13.2 Å². The summed E-state index contributed by atoms with van der Waals surface area (Å²) in [5, 5.41) is -0.413. The van der Waals surface area contributed by atoms with E-state index in [0.717, 1.165) is 12.1 Å². The molecule has 1 aromatic heterocycles. The lowest BCUT2D eigenvalue weighted by molar-refractivity contribution is -0.137. The Balaban J connectivity index is 2.43. The van der Waals surface area contributed by atoms with Gasteiger partial charge in [0.2, 0.25) is 0 Å². The van der Waals surface area contributed by atoms with Crippen LogP contribution in [0.3, 0.4) is 0 Å². The number of carbonyl (C=O) groups is 1. The highest BCUT2D eigenvalue weighted by Gasteiger charge is 2.33. The van der Waals surface area contributed by atoms with Gasteiger partial charge < -0.3 is 4.42 Å². The normalized spacial score (nSPS) is 11.6. The Kier molecular flexibility index (Phi) is 3.17. The fourth-order valence-electron chi connectivity index (χ4n) is 1.47. The topological polar surface area (TPSA) is 30.2 Å². The summed E-state index contributed by atoms with van der Waals surface area (Å²) in [4.78, 5) is 10.4. The number of benzene rings is 1. The van der Waals surface area contributed by atoms with E-state index >= 15 is 0 Å². The van der Waals surface area contributed by atoms with Crippen molar-refractivity contribution < 1.29 is 22.4 Å². The van der Waals surface area contributed by atoms with Crippen molar-refractivity contribution >= 4 is 17.9 Å². The quantitative estimate of drug-likeness (QED) is 0.758. The minimum absolute atomic E-state index is 0.0982. The predicted molar refractivity (Wildman–Crippen MR) is 59.5 cm³/mol. The summed E-state index contributed by atoms with van der Waals surface area (Å²) < 4.78 is 42.6. The number of carbonyl (C=O) groups excluding carboxylic acids is 1. The van der Waals surface area contributed by atoms with E-state index in [2.05, 4.69) is 0 Å². The van der Waals surface area contributed by atoms with E-state index in [1.165, 1.54) is 18.2 Å². The van der Waals surface area contributed by atoms with Crippen LogP contribution in [0.5, 0.6) is 0 Å². The van der Waals surface area contributed by atoms with Crippen molar-refractivity contribution in [1.82, 2.24) is 0 Å². The SMILES string of the molecule is O=Cc1ccc(-c2ccc(C(F)(F)F)c(Cl)c2)o1. The van der Waals surface area contributed by atoms with Gasteiger partial charge in [-0.2, -0.15) is 13.2 Å². The summed E-state index contributed by atoms with van der Waals surface area (Å²) in [6, 6.07) is 6.18. The molecule has 0 N–H and O–H groups in total. The molecule has 0 unspecified atom stereocenters. The number of rotatable bonds is 2. The number of hydrogen-bond acceptors (Lipinski definition) is 2. The average Bonchev–Trinajstić information content (AvgIpc) is 2.75. The molecule has 0 radical (unpaired) electrons. The van der Waals surface area contributed by atoms with Crippen LogP contribution >= 0.6 is 11.6 Å². The fourth-order valence-corrected chi connectivity index (χ4v) is 1.76. The first-order chi connectivity index (χ1) is 8.41. The summed E-state index contributed by atoms with van der Waals surface area (Å²) in [6.45, 7) is 0. The summed E-state index contributed by atoms with van der Waals surface area (Å²) in [5.74, 6) is 0.383. The molecule has 18 heavy (non-hydrogen) atoms. The summed E-state index contributed by atoms with van der Waals surface area (Å²) in [6.07, 6.45) is -3.98. The second-order valence-electron chi connectivity index (χ2n) is 3.51. The monoisotopic (exact) mass is 274 g/mol. The maximum atomic E-state index is 12.5. The van der Waals surface area contributed by atoms with Crippen LogP contribution in [0.1, 0.15) is 16.1 Å². The first kappa shape index (κ1) is 12.7. The Morgan fingerprint density at radius 3 is 2.39 bits per heavy atom. The molecule has 0 saturated heterocycles. The number of hydrogen-bond donors (Lipinski definition) is 0. The molecule has 0 atom stereocenters. The zero-order valence-corrected chi connectivity index (χ0v) is 9.55. The molecule has 0 aliphatic carbocycles. The molecule has 0 fully saturated rings. The van der Waals surface area contributed by atoms with Crippen LogP contribution in [-0.2, 0) is 6.18 Å². The lowest BCUT2D eigenvalue weighted by Crippen LogP contribution is -2.05. The van der Waals surface area contributed by atoms with Crippen molar-refractivity contribution in [2.45, 2.75) is 6.18 Å². The van der Waals surface area contributed by atoms with Gasteiger partial charge in [0.25, 0.3) is 0 Å². The van der Waals surface area contributed by atoms with Crippen LogP contribution in [0.25, 0.3) is 11.3 Å². The summed E-state index contributed by atoms with van der Waals surface area (Å²) in [5.41, 5.74) is -0.531. The van der Waals surface area contributed by atoms with Gasteiger partial charge in [-0.1, -0.05) is 17.7 Å². The molecule has 0 saturated carbocycles. The second kappa shape index (κ2) is 4.49. The molecule has 1 heterocycles. The Labute approximate surface area is 105 Å². The van der Waals surface area contributed by atoms with Gasteiger partial charge in [-0.3, -0.25) is 4.79 Å². The van der Waals surface area contributed by atoms with E-state index in [-0.39, 0.29) is 11.5 Å². The van der Waals surface area contributed by atoms with Gasteiger partial charge in [-0.25, -0.2) is 0 Å². The average molecular weight is 275 g/mol. The van der Waals surface area contributed by atoms with Gasteiger partial charge in [0, 0.05) is 5.56 Å². The lowest BCUT2D eigenvalue weighted by Gasteiger charge is -2.09. The van der Waals surface area contributed by atoms with E-state index in [1.807, 2.05) is 0 Å². The first-order valence-electron chi connectivity index (χ1n) is 4.84. The Morgan fingerprint density at radius 1 is 1.17 bits per heavy atom. The van der Waals surface area contributed by atoms with Gasteiger partial charge in [-0.15, -0.1) is 0 Å². The highest BCUT2D eigenvalue weighted by atomic mass is 35.5. The molecule has 0 amide bonds. The van der Waals surface area contributed by atoms with E-state index < -0.39 is 16.8 Å². The Hall–Kier alpha value is -1.75. The van der Waals surface area contributed by atoms with Gasteiger partial charge >= 0.3 is 6.18 Å². The van der Waals surface area contributed by atoms with Crippen molar-refractivity contribution in [2.75, 3.05) is 0 Å². The minimum atomic E-state index is -4.49. The van der Waals surface area contributed by atoms with Crippen LogP contribution in [-0.4, -0.2) is 6.29 Å². The first-order valence-corrected chi connectivity index (χ1v) is 5.22. The van der Waals surface area contributed by atoms with Crippen molar-refractivity contribution in [1.29, 1.82) is 0 Å². The van der Waals surface area contributed by atoms with Crippen molar-refractivity contribution in [2.24, 2.45) is 0 Å². The molecule has 0 bridgehead atoms. The van der Waals surface area contributed by atoms with Crippen molar-refractivity contribution in [3.63, 3.8) is 0 Å². The standard InChI is InChI=1S/C12H6ClF3O2/c13-10-5-7(1-3-9(10)12(14,15)16)11-4-2-8(6-17)18-11/h1-6H. The molecule has 2 rings (SSSR count). The van der Waals surface area contributed by atoms with Crippen LogP contribution in [0.15, 0.2) is 34.7 Å². The third-order valence-electron chi connectivity index (χ3n) is 2.30. The fraction of sp³-hybridized carbons (Fsp3) is 0.0833. The number of furan rings is 1. The van der Waals surface area contributed by atoms with E-state index in [0.29, 0.717) is 11.8 Å². The van der Waals surface area contributed by atoms with Gasteiger partial charge in [0.05, 0.1) is 10.6 Å². The van der Waals surface area contributed by atoms with Crippen molar-refractivity contribution in [3.05, 3.63) is 46.7 Å². The van der Waals surface area contributed by atoms with E-state index in [1.54, 1.807) is 0 Å². The number of alkyl halides is 3. The molecule has 1 aromatic carbocycles. The molecule has 0 aliphatic rings. The van der Waals surface area contributed by atoms with Gasteiger partial charge in [0.1, 0.15) is 5.76 Å². The Bertz CT molecular complexity index is 587. The highest BCUT2D eigenvalue weighted by molar-refractivity contribution is 6.31. The smallest absolute Gasteiger partial charge is 0.417 e. The van der Waals surface area contributed by atoms with E-state index in [9.17, 15) is 18.0 Å². The van der Waals surface area contributed by atoms with Crippen LogP contribution in [0, 0.1) is 0 Å². The number of halogens is 4. The Morgan fingerprint density at radius 2 is 1.89 bits per heavy atom. The molecular weight excluding hydrogens is 269 g/mol. The number of aldehydes is 1. The zero-order chi connectivity index (χ0) is 13.3. The zero-order valence-electron chi connectivity index (χ0n) is 8.79. The minimum Gasteiger partial charge on any atom is -0.453 e. The molecule has 94 valence electrons. The molecule has 0 spiro atoms. The lowest BCUT2D eigenvalue weighted by atomic mass is 10.1. The van der Waals surface area contributed by atoms with Gasteiger partial charge in [0.15, 0.2) is 12.0 Å². The molecular formula is C12H6ClF3O2. The summed E-state index contributed by atoms with van der Waals surface area (Å²) >= 11 is 5.57. The van der Waals surface area contributed by atoms with Gasteiger partial charge in [-0.05, 0) is 24.3 Å². The van der Waals surface area contributed by atoms with Crippen molar-refractivity contribution in [3.8, 4) is 11.3 Å². The largest absolute Gasteiger partial charge is 0.453 e. The van der Waals surface area contributed by atoms with E-state index in [4.69, 9.17) is 16.0 Å². The van der Waals surface area contributed by atoms with Crippen LogP contribution < -0.4 is 0 Å². The molecule has 6 heteroatoms. The third kappa shape index (κ3) is 2.41. The predicted octanol–water partition coefficient (Wildman–Crippen LogP) is 4.43. The third-order valence-corrected chi connectivity index (χ3v) is 2.61. The molecule has 0 aliphatic heterocycles. The second-order valence-corrected chi connectivity index (χ2v) is 3.92. The maximum absolute atomic E-state index is 12.5.